The maximum absolute atomic E-state index is 10.6. The van der Waals surface area contributed by atoms with E-state index in [2.05, 4.69) is 4.90 Å². The van der Waals surface area contributed by atoms with Gasteiger partial charge in [0.15, 0.2) is 23.0 Å². The smallest absolute Gasteiger partial charge is 0.231 e. The summed E-state index contributed by atoms with van der Waals surface area (Å²) in [7, 11) is 3.55. The SMILES string of the molecule is COc1cc2c(cc1O)CC1c3c(cc4c(c3-2)OCO4)C(O)CN1C. The number of benzene rings is 2. The largest absolute Gasteiger partial charge is 0.504 e. The second kappa shape index (κ2) is 5.03. The zero-order chi connectivity index (χ0) is 17.3. The maximum atomic E-state index is 10.6. The van der Waals surface area contributed by atoms with Gasteiger partial charge in [0.2, 0.25) is 6.79 Å². The number of aliphatic hydroxyl groups excluding tert-OH is 1. The fourth-order valence-corrected chi connectivity index (χ4v) is 4.34. The molecule has 0 radical (unpaired) electrons. The van der Waals surface area contributed by atoms with E-state index in [0.717, 1.165) is 34.2 Å². The van der Waals surface area contributed by atoms with Crippen molar-refractivity contribution >= 4 is 0 Å². The second-order valence-electron chi connectivity index (χ2n) is 6.84. The number of hydrogen-bond acceptors (Lipinski definition) is 6. The van der Waals surface area contributed by atoms with Gasteiger partial charge in [-0.25, -0.2) is 0 Å². The first-order valence-corrected chi connectivity index (χ1v) is 8.33. The van der Waals surface area contributed by atoms with E-state index in [4.69, 9.17) is 14.2 Å². The number of phenols is 1. The quantitative estimate of drug-likeness (QED) is 0.830. The van der Waals surface area contributed by atoms with Crippen LogP contribution in [0.1, 0.15) is 28.8 Å². The van der Waals surface area contributed by atoms with Gasteiger partial charge in [-0.2, -0.15) is 0 Å². The van der Waals surface area contributed by atoms with E-state index in [1.165, 1.54) is 7.11 Å². The Balaban J connectivity index is 1.87. The molecule has 0 saturated heterocycles. The molecule has 2 aromatic rings. The highest BCUT2D eigenvalue weighted by atomic mass is 16.7. The first kappa shape index (κ1) is 14.9. The standard InChI is InChI=1S/C19H19NO5/c1-20-7-14(22)11-6-16-19(25-8-24-16)18-10-5-15(23-2)13(21)4-9(10)3-12(20)17(11)18/h4-6,12,14,21-22H,3,7-8H2,1-2H3. The lowest BCUT2D eigenvalue weighted by molar-refractivity contribution is 0.0831. The van der Waals surface area contributed by atoms with Crippen LogP contribution in [0.5, 0.6) is 23.0 Å². The van der Waals surface area contributed by atoms with E-state index in [-0.39, 0.29) is 18.6 Å². The van der Waals surface area contributed by atoms with Crippen molar-refractivity contribution in [1.82, 2.24) is 4.90 Å². The van der Waals surface area contributed by atoms with E-state index in [9.17, 15) is 10.2 Å². The summed E-state index contributed by atoms with van der Waals surface area (Å²) in [5.74, 6) is 1.93. The summed E-state index contributed by atoms with van der Waals surface area (Å²) >= 11 is 0. The zero-order valence-electron chi connectivity index (χ0n) is 14.1. The van der Waals surface area contributed by atoms with Gasteiger partial charge in [0.05, 0.1) is 13.2 Å². The number of aliphatic hydroxyl groups is 1. The third-order valence-electron chi connectivity index (χ3n) is 5.51. The fourth-order valence-electron chi connectivity index (χ4n) is 4.34. The molecule has 2 N–H and O–H groups in total. The summed E-state index contributed by atoms with van der Waals surface area (Å²) in [6, 6.07) is 5.65. The zero-order valence-corrected chi connectivity index (χ0v) is 14.1. The molecule has 0 aromatic heterocycles. The Bertz CT molecular complexity index is 894. The highest BCUT2D eigenvalue weighted by Crippen LogP contribution is 2.56. The van der Waals surface area contributed by atoms with Crippen molar-refractivity contribution in [1.29, 1.82) is 0 Å². The molecule has 0 bridgehead atoms. The predicted molar refractivity (Wildman–Crippen MR) is 90.3 cm³/mol. The number of β-amino-alcohol motifs (C(OH)–C–C–N with tert-alkyl or cyclic N) is 1. The van der Waals surface area contributed by atoms with Crippen LogP contribution in [0.25, 0.3) is 11.1 Å². The van der Waals surface area contributed by atoms with Gasteiger partial charge in [0.25, 0.3) is 0 Å². The molecule has 2 aromatic carbocycles. The first-order valence-electron chi connectivity index (χ1n) is 8.33. The maximum Gasteiger partial charge on any atom is 0.231 e. The Labute approximate surface area is 145 Å². The lowest BCUT2D eigenvalue weighted by Gasteiger charge is -2.41. The Morgan fingerprint density at radius 3 is 2.88 bits per heavy atom. The Morgan fingerprint density at radius 2 is 2.08 bits per heavy atom. The van der Waals surface area contributed by atoms with Gasteiger partial charge in [0, 0.05) is 18.2 Å². The number of rotatable bonds is 1. The van der Waals surface area contributed by atoms with Crippen LogP contribution in [0.4, 0.5) is 0 Å². The van der Waals surface area contributed by atoms with Crippen LogP contribution >= 0.6 is 0 Å². The molecule has 0 spiro atoms. The topological polar surface area (TPSA) is 71.4 Å². The summed E-state index contributed by atoms with van der Waals surface area (Å²) in [5.41, 5.74) is 4.94. The normalized spacial score (nSPS) is 23.2. The third-order valence-corrected chi connectivity index (χ3v) is 5.51. The van der Waals surface area contributed by atoms with Crippen molar-refractivity contribution in [3.63, 3.8) is 0 Å². The lowest BCUT2D eigenvalue weighted by atomic mass is 9.76. The minimum Gasteiger partial charge on any atom is -0.504 e. The highest BCUT2D eigenvalue weighted by molar-refractivity contribution is 5.85. The third kappa shape index (κ3) is 1.92. The van der Waals surface area contributed by atoms with E-state index >= 15 is 0 Å². The summed E-state index contributed by atoms with van der Waals surface area (Å²) in [6.45, 7) is 0.737. The summed E-state index contributed by atoms with van der Waals surface area (Å²) in [5, 5.41) is 20.8. The monoisotopic (exact) mass is 341 g/mol. The van der Waals surface area contributed by atoms with Gasteiger partial charge in [0.1, 0.15) is 0 Å². The molecule has 5 rings (SSSR count). The number of nitrogens with zero attached hydrogens (tertiary/aromatic N) is 1. The number of methoxy groups -OCH3 is 1. The van der Waals surface area contributed by atoms with Gasteiger partial charge in [-0.1, -0.05) is 0 Å². The van der Waals surface area contributed by atoms with Crippen LogP contribution in [-0.4, -0.2) is 42.6 Å². The van der Waals surface area contributed by atoms with Gasteiger partial charge in [-0.05, 0) is 53.9 Å². The minimum atomic E-state index is -0.565. The van der Waals surface area contributed by atoms with Crippen LogP contribution in [0, 0.1) is 0 Å². The summed E-state index contributed by atoms with van der Waals surface area (Å²) in [6.07, 6.45) is 0.195. The average molecular weight is 341 g/mol. The van der Waals surface area contributed by atoms with Crippen LogP contribution in [0.15, 0.2) is 18.2 Å². The molecule has 6 heteroatoms. The molecule has 3 aliphatic rings. The van der Waals surface area contributed by atoms with E-state index in [1.54, 1.807) is 6.07 Å². The molecule has 0 fully saturated rings. The van der Waals surface area contributed by atoms with Crippen molar-refractivity contribution in [2.75, 3.05) is 27.5 Å². The number of likely N-dealkylation sites (N-methyl/N-ethyl adjacent to an activating group) is 1. The minimum absolute atomic E-state index is 0.128. The van der Waals surface area contributed by atoms with Crippen LogP contribution < -0.4 is 14.2 Å². The van der Waals surface area contributed by atoms with Gasteiger partial charge >= 0.3 is 0 Å². The molecule has 6 nitrogen and oxygen atoms in total. The molecular formula is C19H19NO5. The van der Waals surface area contributed by atoms with Crippen molar-refractivity contribution < 1.29 is 24.4 Å². The Morgan fingerprint density at radius 1 is 1.24 bits per heavy atom. The second-order valence-corrected chi connectivity index (χ2v) is 6.84. The van der Waals surface area contributed by atoms with Crippen molar-refractivity contribution in [3.05, 3.63) is 34.9 Å². The molecule has 1 aliphatic carbocycles. The van der Waals surface area contributed by atoms with Gasteiger partial charge in [-0.15, -0.1) is 0 Å². The number of ether oxygens (including phenoxy) is 3. The molecule has 0 amide bonds. The number of aromatic hydroxyl groups is 1. The molecule has 0 saturated carbocycles. The number of phenolic OH excluding ortho intramolecular Hbond substituents is 1. The van der Waals surface area contributed by atoms with E-state index in [1.807, 2.05) is 19.2 Å². The van der Waals surface area contributed by atoms with E-state index in [0.29, 0.717) is 23.8 Å². The van der Waals surface area contributed by atoms with Crippen LogP contribution in [-0.2, 0) is 6.42 Å². The molecular weight excluding hydrogens is 322 g/mol. The first-order chi connectivity index (χ1) is 12.1. The highest BCUT2D eigenvalue weighted by Gasteiger charge is 2.40. The molecule has 2 unspecified atom stereocenters. The van der Waals surface area contributed by atoms with Gasteiger partial charge < -0.3 is 24.4 Å². The average Bonchev–Trinajstić information content (AvgIpc) is 3.06. The lowest BCUT2D eigenvalue weighted by Crippen LogP contribution is -2.38. The molecule has 25 heavy (non-hydrogen) atoms. The molecule has 2 heterocycles. The van der Waals surface area contributed by atoms with Gasteiger partial charge in [-0.3, -0.25) is 4.90 Å². The molecule has 2 atom stereocenters. The number of fused-ring (bicyclic) bond motifs is 4. The Hall–Kier alpha value is -2.44. The van der Waals surface area contributed by atoms with Crippen molar-refractivity contribution in [3.8, 4) is 34.1 Å². The van der Waals surface area contributed by atoms with Crippen LogP contribution in [0.2, 0.25) is 0 Å². The number of hydrogen-bond donors (Lipinski definition) is 2. The predicted octanol–water partition coefficient (Wildman–Crippen LogP) is 2.37. The summed E-state index contributed by atoms with van der Waals surface area (Å²) in [4.78, 5) is 2.16. The molecule has 2 aliphatic heterocycles. The van der Waals surface area contributed by atoms with Crippen molar-refractivity contribution in [2.45, 2.75) is 18.6 Å². The van der Waals surface area contributed by atoms with Crippen LogP contribution in [0.3, 0.4) is 0 Å². The summed E-state index contributed by atoms with van der Waals surface area (Å²) < 4.78 is 16.7. The van der Waals surface area contributed by atoms with Crippen molar-refractivity contribution in [2.24, 2.45) is 0 Å². The Kier molecular flexibility index (Phi) is 2.99. The fraction of sp³-hybridized carbons (Fsp3) is 0.368. The van der Waals surface area contributed by atoms with E-state index < -0.39 is 6.10 Å². The molecule has 130 valence electrons.